The van der Waals surface area contributed by atoms with E-state index in [9.17, 15) is 0 Å². The van der Waals surface area contributed by atoms with Crippen LogP contribution >= 0.6 is 0 Å². The first kappa shape index (κ1) is 16.1. The third-order valence-electron chi connectivity index (χ3n) is 5.24. The number of nitrogen functional groups attached to an aromatic ring is 1. The molecule has 0 amide bonds. The summed E-state index contributed by atoms with van der Waals surface area (Å²) in [6, 6.07) is 11.1. The van der Waals surface area contributed by atoms with E-state index in [4.69, 9.17) is 5.73 Å². The highest BCUT2D eigenvalue weighted by Gasteiger charge is 2.26. The molecule has 2 N–H and O–H groups in total. The molecule has 1 aliphatic rings. The summed E-state index contributed by atoms with van der Waals surface area (Å²) < 4.78 is 4.25. The number of anilines is 1. The lowest BCUT2D eigenvalue weighted by atomic mass is 10.0. The zero-order chi connectivity index (χ0) is 17.4. The van der Waals surface area contributed by atoms with Gasteiger partial charge >= 0.3 is 0 Å². The van der Waals surface area contributed by atoms with Crippen LogP contribution in [0.4, 0.5) is 5.95 Å². The van der Waals surface area contributed by atoms with Crippen LogP contribution in [-0.4, -0.2) is 37.3 Å². The van der Waals surface area contributed by atoms with Gasteiger partial charge in [-0.3, -0.25) is 9.47 Å². The van der Waals surface area contributed by atoms with Gasteiger partial charge in [0.1, 0.15) is 5.52 Å². The van der Waals surface area contributed by atoms with Crippen molar-refractivity contribution in [3.63, 3.8) is 0 Å². The van der Waals surface area contributed by atoms with E-state index in [2.05, 4.69) is 56.8 Å². The third-order valence-corrected chi connectivity index (χ3v) is 5.24. The lowest BCUT2D eigenvalue weighted by Crippen LogP contribution is -2.34. The average molecular weight is 338 g/mol. The van der Waals surface area contributed by atoms with Gasteiger partial charge in [-0.15, -0.1) is 0 Å². The Balaban J connectivity index is 1.53. The van der Waals surface area contributed by atoms with Gasteiger partial charge < -0.3 is 5.73 Å². The molecule has 1 aliphatic heterocycles. The number of nitrogens with two attached hydrogens (primary N) is 1. The molecular formula is C19H26N6. The molecule has 2 aromatic heterocycles. The summed E-state index contributed by atoms with van der Waals surface area (Å²) in [6.45, 7) is 8.14. The number of aryl methyl sites for hydroxylation is 2. The Hall–Kier alpha value is -2.34. The Bertz CT molecular complexity index is 855. The Morgan fingerprint density at radius 1 is 1.16 bits per heavy atom. The van der Waals surface area contributed by atoms with Gasteiger partial charge in [0, 0.05) is 32.2 Å². The molecule has 0 aliphatic carbocycles. The summed E-state index contributed by atoms with van der Waals surface area (Å²) in [5.74, 6) is 0.624. The van der Waals surface area contributed by atoms with E-state index in [1.54, 1.807) is 0 Å². The van der Waals surface area contributed by atoms with Crippen LogP contribution in [-0.2, 0) is 13.1 Å². The van der Waals surface area contributed by atoms with Gasteiger partial charge in [0.05, 0.1) is 5.69 Å². The average Bonchev–Trinajstić information content (AvgIpc) is 3.13. The summed E-state index contributed by atoms with van der Waals surface area (Å²) in [5, 5.41) is 4.60. The van der Waals surface area contributed by atoms with Gasteiger partial charge in [-0.2, -0.15) is 5.10 Å². The van der Waals surface area contributed by atoms with Crippen molar-refractivity contribution in [3.05, 3.63) is 41.6 Å². The van der Waals surface area contributed by atoms with Crippen molar-refractivity contribution in [2.75, 3.05) is 18.8 Å². The third kappa shape index (κ3) is 2.91. The van der Waals surface area contributed by atoms with Crippen LogP contribution in [0.25, 0.3) is 11.2 Å². The fourth-order valence-corrected chi connectivity index (χ4v) is 3.96. The van der Waals surface area contributed by atoms with Crippen molar-refractivity contribution in [3.8, 4) is 0 Å². The Morgan fingerprint density at radius 2 is 1.88 bits per heavy atom. The molecule has 3 heterocycles. The van der Waals surface area contributed by atoms with Crippen LogP contribution in [0, 0.1) is 6.92 Å². The molecule has 3 aromatic rings. The minimum atomic E-state index is 0.401. The molecular weight excluding hydrogens is 312 g/mol. The van der Waals surface area contributed by atoms with Gasteiger partial charge in [-0.05, 0) is 32.3 Å². The molecule has 0 bridgehead atoms. The summed E-state index contributed by atoms with van der Waals surface area (Å²) in [4.78, 5) is 7.11. The number of likely N-dealkylation sites (tertiary alicyclic amines) is 1. The number of hydrogen-bond acceptors (Lipinski definition) is 4. The highest BCUT2D eigenvalue weighted by molar-refractivity contribution is 5.77. The van der Waals surface area contributed by atoms with E-state index in [0.29, 0.717) is 12.0 Å². The fourth-order valence-electron chi connectivity index (χ4n) is 3.96. The Kier molecular flexibility index (Phi) is 4.21. The summed E-state index contributed by atoms with van der Waals surface area (Å²) >= 11 is 0. The van der Waals surface area contributed by atoms with E-state index in [1.807, 2.05) is 11.6 Å². The molecule has 4 rings (SSSR count). The second kappa shape index (κ2) is 6.52. The zero-order valence-corrected chi connectivity index (χ0v) is 15.0. The molecule has 0 unspecified atom stereocenters. The number of benzene rings is 1. The fraction of sp³-hybridized carbons (Fsp3) is 0.474. The molecule has 0 radical (unpaired) electrons. The minimum absolute atomic E-state index is 0.401. The molecule has 1 aromatic carbocycles. The van der Waals surface area contributed by atoms with Crippen molar-refractivity contribution in [2.45, 2.75) is 45.8 Å². The quantitative estimate of drug-likeness (QED) is 0.794. The molecule has 6 heteroatoms. The number of aromatic nitrogens is 4. The van der Waals surface area contributed by atoms with Crippen LogP contribution in [0.5, 0.6) is 0 Å². The maximum atomic E-state index is 6.28. The van der Waals surface area contributed by atoms with Crippen molar-refractivity contribution in [1.29, 1.82) is 0 Å². The highest BCUT2D eigenvalue weighted by atomic mass is 15.4. The van der Waals surface area contributed by atoms with Gasteiger partial charge in [-0.1, -0.05) is 30.3 Å². The van der Waals surface area contributed by atoms with Crippen LogP contribution in [0.3, 0.4) is 0 Å². The topological polar surface area (TPSA) is 64.9 Å². The van der Waals surface area contributed by atoms with E-state index < -0.39 is 0 Å². The SMILES string of the molecule is CCn1nc(C)c2nc(N)n(C3CCN(Cc4ccccc4)CC3)c21. The van der Waals surface area contributed by atoms with Crippen LogP contribution in [0.1, 0.15) is 37.1 Å². The second-order valence-electron chi connectivity index (χ2n) is 6.91. The molecule has 6 nitrogen and oxygen atoms in total. The molecule has 0 atom stereocenters. The lowest BCUT2D eigenvalue weighted by molar-refractivity contribution is 0.181. The van der Waals surface area contributed by atoms with Crippen LogP contribution in [0.2, 0.25) is 0 Å². The van der Waals surface area contributed by atoms with E-state index >= 15 is 0 Å². The predicted molar refractivity (Wildman–Crippen MR) is 100 cm³/mol. The summed E-state index contributed by atoms with van der Waals surface area (Å²) in [7, 11) is 0. The predicted octanol–water partition coefficient (Wildman–Crippen LogP) is 2.98. The van der Waals surface area contributed by atoms with Crippen molar-refractivity contribution < 1.29 is 0 Å². The molecule has 132 valence electrons. The van der Waals surface area contributed by atoms with E-state index in [-0.39, 0.29) is 0 Å². The molecule has 0 spiro atoms. The van der Waals surface area contributed by atoms with Crippen LogP contribution < -0.4 is 5.73 Å². The maximum Gasteiger partial charge on any atom is 0.202 e. The number of rotatable bonds is 4. The number of piperidine rings is 1. The number of nitrogens with zero attached hydrogens (tertiary/aromatic N) is 5. The number of fused-ring (bicyclic) bond motifs is 1. The normalized spacial score (nSPS) is 16.7. The minimum Gasteiger partial charge on any atom is -0.369 e. The first-order valence-corrected chi connectivity index (χ1v) is 9.14. The van der Waals surface area contributed by atoms with Gasteiger partial charge in [0.15, 0.2) is 5.65 Å². The van der Waals surface area contributed by atoms with Gasteiger partial charge in [0.2, 0.25) is 5.95 Å². The molecule has 1 saturated heterocycles. The monoisotopic (exact) mass is 338 g/mol. The zero-order valence-electron chi connectivity index (χ0n) is 15.0. The number of hydrogen-bond donors (Lipinski definition) is 1. The standard InChI is InChI=1S/C19H26N6/c1-3-24-18-17(14(2)22-24)21-19(20)25(18)16-9-11-23(12-10-16)13-15-7-5-4-6-8-15/h4-8,16H,3,9-13H2,1-2H3,(H2,20,21). The lowest BCUT2D eigenvalue weighted by Gasteiger charge is -2.33. The van der Waals surface area contributed by atoms with Gasteiger partial charge in [-0.25, -0.2) is 9.67 Å². The number of imidazole rings is 1. The van der Waals surface area contributed by atoms with Gasteiger partial charge in [0.25, 0.3) is 0 Å². The Labute approximate surface area is 148 Å². The van der Waals surface area contributed by atoms with Crippen LogP contribution in [0.15, 0.2) is 30.3 Å². The van der Waals surface area contributed by atoms with Crippen molar-refractivity contribution in [1.82, 2.24) is 24.2 Å². The highest BCUT2D eigenvalue weighted by Crippen LogP contribution is 2.31. The first-order chi connectivity index (χ1) is 12.2. The Morgan fingerprint density at radius 3 is 2.56 bits per heavy atom. The van der Waals surface area contributed by atoms with E-state index in [1.165, 1.54) is 5.56 Å². The smallest absolute Gasteiger partial charge is 0.202 e. The first-order valence-electron chi connectivity index (χ1n) is 9.14. The summed E-state index contributed by atoms with van der Waals surface area (Å²) in [5.41, 5.74) is 10.7. The molecule has 1 fully saturated rings. The summed E-state index contributed by atoms with van der Waals surface area (Å²) in [6.07, 6.45) is 2.19. The molecule has 0 saturated carbocycles. The van der Waals surface area contributed by atoms with Crippen molar-refractivity contribution >= 4 is 17.1 Å². The van der Waals surface area contributed by atoms with E-state index in [0.717, 1.165) is 55.9 Å². The largest absolute Gasteiger partial charge is 0.369 e. The maximum absolute atomic E-state index is 6.28. The second-order valence-corrected chi connectivity index (χ2v) is 6.91. The van der Waals surface area contributed by atoms with Crippen molar-refractivity contribution in [2.24, 2.45) is 0 Å². The molecule has 25 heavy (non-hydrogen) atoms.